The number of imidazole rings is 1. The number of unbranched alkanes of at least 4 members (excludes halogenated alkanes) is 2. The maximum absolute atomic E-state index is 13.0. The topological polar surface area (TPSA) is 214 Å². The number of urea groups is 2. The molecule has 260 valence electrons. The molecule has 5 fully saturated rings. The normalized spacial score (nSPS) is 32.0. The van der Waals surface area contributed by atoms with Crippen molar-refractivity contribution >= 4 is 64.5 Å². The quantitative estimate of drug-likeness (QED) is 0.108. The molecule has 5 aliphatic heterocycles. The van der Waals surface area contributed by atoms with Gasteiger partial charge in [-0.3, -0.25) is 14.2 Å². The molecule has 0 bridgehead atoms. The molecule has 0 radical (unpaired) electrons. The molecule has 2 aromatic heterocycles. The summed E-state index contributed by atoms with van der Waals surface area (Å²) in [5, 5.41) is 12.6. The monoisotopic (exact) mass is 703 g/mol. The Bertz CT molecular complexity index is 1530. The number of ether oxygens (including phenoxy) is 3. The number of nitrogens with two attached hydrogens (primary N) is 1. The summed E-state index contributed by atoms with van der Waals surface area (Å²) in [4.78, 5) is 61.6. The van der Waals surface area contributed by atoms with Crippen molar-refractivity contribution in [3.8, 4) is 0 Å². The Morgan fingerprint density at radius 1 is 0.896 bits per heavy atom. The predicted octanol–water partition coefficient (Wildman–Crippen LogP) is 1.60. The van der Waals surface area contributed by atoms with Gasteiger partial charge in [-0.25, -0.2) is 24.5 Å². The Hall–Kier alpha value is -3.51. The van der Waals surface area contributed by atoms with Crippen LogP contribution in [0.3, 0.4) is 0 Å². The standard InChI is InChI=1S/C30H41N9O7S2/c31-26-25-27(33-13-32-26)39(14-34-25)28-18(46-22(41)8-4-2-6-20-24-17(12-48-20)36-30(43)38-24)9-15(45-28)10-44-21(40)7-3-1-5-19-23-16(11-47-19)35-29(42)37-23/h13-20,23-24,28H,1-12H2,(H2,31,32,33)(H2,35,37,42)(H2,36,38,43)/t15-,16-,17-,18-,19-,20-,23-,24-,28?/m0/s1. The van der Waals surface area contributed by atoms with Crippen molar-refractivity contribution in [3.63, 3.8) is 0 Å². The van der Waals surface area contributed by atoms with Gasteiger partial charge < -0.3 is 41.2 Å². The molecular formula is C30H41N9O7S2. The molecule has 6 N–H and O–H groups in total. The van der Waals surface area contributed by atoms with E-state index < -0.39 is 18.4 Å². The van der Waals surface area contributed by atoms with Gasteiger partial charge in [-0.2, -0.15) is 23.5 Å². The molecule has 5 aliphatic rings. The van der Waals surface area contributed by atoms with Crippen LogP contribution in [0.5, 0.6) is 0 Å². The Morgan fingerprint density at radius 2 is 1.54 bits per heavy atom. The third-order valence-corrected chi connectivity index (χ3v) is 12.7. The number of nitrogen functional groups attached to an aromatic ring is 1. The molecule has 9 atom stereocenters. The second kappa shape index (κ2) is 14.5. The van der Waals surface area contributed by atoms with Crippen LogP contribution in [0.25, 0.3) is 11.2 Å². The summed E-state index contributed by atoms with van der Waals surface area (Å²) in [7, 11) is 0. The smallest absolute Gasteiger partial charge is 0.315 e. The van der Waals surface area contributed by atoms with E-state index >= 15 is 0 Å². The van der Waals surface area contributed by atoms with Gasteiger partial charge in [0.1, 0.15) is 24.6 Å². The Labute approximate surface area is 285 Å². The molecule has 0 spiro atoms. The van der Waals surface area contributed by atoms with Crippen molar-refractivity contribution in [3.05, 3.63) is 12.7 Å². The molecule has 18 heteroatoms. The van der Waals surface area contributed by atoms with Crippen LogP contribution < -0.4 is 27.0 Å². The van der Waals surface area contributed by atoms with Crippen molar-refractivity contribution in [2.24, 2.45) is 0 Å². The van der Waals surface area contributed by atoms with Gasteiger partial charge in [0.25, 0.3) is 0 Å². The lowest BCUT2D eigenvalue weighted by Gasteiger charge is -2.21. The predicted molar refractivity (Wildman–Crippen MR) is 177 cm³/mol. The van der Waals surface area contributed by atoms with E-state index in [4.69, 9.17) is 19.9 Å². The van der Waals surface area contributed by atoms with Gasteiger partial charge in [0.05, 0.1) is 36.6 Å². The number of hydrogen-bond acceptors (Lipinski definition) is 13. The van der Waals surface area contributed by atoms with Crippen LogP contribution in [0.4, 0.5) is 15.4 Å². The highest BCUT2D eigenvalue weighted by molar-refractivity contribution is 8.00. The number of thioether (sulfide) groups is 2. The summed E-state index contributed by atoms with van der Waals surface area (Å²) in [5.41, 5.74) is 6.86. The zero-order valence-corrected chi connectivity index (χ0v) is 28.0. The maximum atomic E-state index is 13.0. The molecule has 2 aromatic rings. The van der Waals surface area contributed by atoms with Crippen molar-refractivity contribution in [2.45, 2.75) is 111 Å². The van der Waals surface area contributed by atoms with Gasteiger partial charge in [0.2, 0.25) is 0 Å². The number of carbonyl (C=O) groups is 4. The van der Waals surface area contributed by atoms with Gasteiger partial charge in [-0.1, -0.05) is 12.8 Å². The fourth-order valence-corrected chi connectivity index (χ4v) is 10.3. The number of esters is 2. The Balaban J connectivity index is 0.882. The molecule has 7 rings (SSSR count). The highest BCUT2D eigenvalue weighted by atomic mass is 32.2. The van der Waals surface area contributed by atoms with Crippen LogP contribution in [-0.4, -0.2) is 109 Å². The zero-order valence-electron chi connectivity index (χ0n) is 26.4. The number of amides is 4. The SMILES string of the molecule is Nc1ncnc2c1ncn2C1O[C@H](COC(=O)CCCC[C@@H]2SC[C@@H]3NC(=O)N[C@@H]32)C[C@@H]1OC(=O)CCCC[C@@H]1SC[C@@H]2NC(=O)N[C@@H]21. The Morgan fingerprint density at radius 3 is 2.21 bits per heavy atom. The lowest BCUT2D eigenvalue weighted by Crippen LogP contribution is -2.36. The van der Waals surface area contributed by atoms with Crippen LogP contribution in [0.2, 0.25) is 0 Å². The van der Waals surface area contributed by atoms with E-state index in [2.05, 4.69) is 36.2 Å². The van der Waals surface area contributed by atoms with E-state index in [0.717, 1.165) is 37.2 Å². The minimum atomic E-state index is -0.736. The first-order chi connectivity index (χ1) is 23.3. The van der Waals surface area contributed by atoms with E-state index in [1.807, 2.05) is 23.5 Å². The summed E-state index contributed by atoms with van der Waals surface area (Å²) in [6.07, 6.45) is 6.75. The first-order valence-electron chi connectivity index (χ1n) is 16.6. The van der Waals surface area contributed by atoms with Crippen LogP contribution in [-0.2, 0) is 23.8 Å². The molecule has 16 nitrogen and oxygen atoms in total. The third-order valence-electron chi connectivity index (χ3n) is 9.63. The van der Waals surface area contributed by atoms with E-state index in [-0.39, 0.29) is 73.4 Å². The van der Waals surface area contributed by atoms with Gasteiger partial charge in [0, 0.05) is 41.3 Å². The van der Waals surface area contributed by atoms with Crippen LogP contribution in [0.15, 0.2) is 12.7 Å². The molecular weight excluding hydrogens is 663 g/mol. The highest BCUT2D eigenvalue weighted by Crippen LogP contribution is 2.36. The average molecular weight is 704 g/mol. The first-order valence-corrected chi connectivity index (χ1v) is 18.7. The fraction of sp³-hybridized carbons (Fsp3) is 0.700. The van der Waals surface area contributed by atoms with Crippen molar-refractivity contribution in [2.75, 3.05) is 23.8 Å². The third kappa shape index (κ3) is 7.24. The first kappa shape index (κ1) is 33.0. The van der Waals surface area contributed by atoms with Crippen LogP contribution >= 0.6 is 23.5 Å². The average Bonchev–Trinajstić information content (AvgIpc) is 3.90. The second-order valence-corrected chi connectivity index (χ2v) is 15.5. The van der Waals surface area contributed by atoms with E-state index in [9.17, 15) is 19.2 Å². The molecule has 0 saturated carbocycles. The molecule has 5 saturated heterocycles. The van der Waals surface area contributed by atoms with Crippen molar-refractivity contribution < 1.29 is 33.4 Å². The number of nitrogens with zero attached hydrogens (tertiary/aromatic N) is 4. The minimum absolute atomic E-state index is 0.0275. The summed E-state index contributed by atoms with van der Waals surface area (Å²) >= 11 is 3.71. The largest absolute Gasteiger partial charge is 0.463 e. The molecule has 48 heavy (non-hydrogen) atoms. The van der Waals surface area contributed by atoms with Crippen molar-refractivity contribution in [1.82, 2.24) is 40.8 Å². The maximum Gasteiger partial charge on any atom is 0.315 e. The summed E-state index contributed by atoms with van der Waals surface area (Å²) in [5.74, 6) is 1.39. The van der Waals surface area contributed by atoms with E-state index in [0.29, 0.717) is 40.9 Å². The fourth-order valence-electron chi connectivity index (χ4n) is 7.23. The number of aromatic nitrogens is 4. The number of anilines is 1. The molecule has 0 aliphatic carbocycles. The molecule has 7 heterocycles. The summed E-state index contributed by atoms with van der Waals surface area (Å²) in [6.45, 7) is 0.0275. The van der Waals surface area contributed by atoms with Crippen LogP contribution in [0.1, 0.15) is 64.0 Å². The van der Waals surface area contributed by atoms with Crippen LogP contribution in [0, 0.1) is 0 Å². The lowest BCUT2D eigenvalue weighted by molar-refractivity contribution is -0.155. The number of nitrogens with one attached hydrogen (secondary N) is 4. The zero-order chi connectivity index (χ0) is 33.2. The van der Waals surface area contributed by atoms with Gasteiger partial charge in [-0.15, -0.1) is 0 Å². The van der Waals surface area contributed by atoms with E-state index in [1.165, 1.54) is 12.7 Å². The number of fused-ring (bicyclic) bond motifs is 3. The second-order valence-electron chi connectivity index (χ2n) is 12.9. The van der Waals surface area contributed by atoms with Gasteiger partial charge >= 0.3 is 24.0 Å². The molecule has 1 unspecified atom stereocenters. The number of carbonyl (C=O) groups excluding carboxylic acids is 4. The van der Waals surface area contributed by atoms with Gasteiger partial charge in [-0.05, 0) is 25.7 Å². The van der Waals surface area contributed by atoms with Gasteiger partial charge in [0.15, 0.2) is 17.7 Å². The summed E-state index contributed by atoms with van der Waals surface area (Å²) in [6, 6.07) is 0.447. The molecule has 0 aromatic carbocycles. The minimum Gasteiger partial charge on any atom is -0.463 e. The molecule has 4 amide bonds. The highest BCUT2D eigenvalue weighted by Gasteiger charge is 2.44. The summed E-state index contributed by atoms with van der Waals surface area (Å²) < 4.78 is 19.5. The Kier molecular flexibility index (Phi) is 10.00. The number of hydrogen-bond donors (Lipinski definition) is 5. The lowest BCUT2D eigenvalue weighted by atomic mass is 10.0. The van der Waals surface area contributed by atoms with Crippen molar-refractivity contribution in [1.29, 1.82) is 0 Å². The van der Waals surface area contributed by atoms with E-state index in [1.54, 1.807) is 4.57 Å². The number of rotatable bonds is 14.